The predicted molar refractivity (Wildman–Crippen MR) is 75.6 cm³/mol. The minimum Gasteiger partial charge on any atom is -0.385 e. The van der Waals surface area contributed by atoms with Crippen molar-refractivity contribution in [2.24, 2.45) is 0 Å². The molecule has 1 aliphatic rings. The van der Waals surface area contributed by atoms with Crippen LogP contribution in [0.4, 0.5) is 5.69 Å². The van der Waals surface area contributed by atoms with Gasteiger partial charge in [-0.15, -0.1) is 0 Å². The van der Waals surface area contributed by atoms with Crippen molar-refractivity contribution in [3.8, 4) is 0 Å². The van der Waals surface area contributed by atoms with Gasteiger partial charge in [-0.25, -0.2) is 0 Å². The lowest BCUT2D eigenvalue weighted by Crippen LogP contribution is -2.39. The lowest BCUT2D eigenvalue weighted by Gasteiger charge is -2.32. The average molecular weight is 251 g/mol. The molecule has 1 atom stereocenters. The van der Waals surface area contributed by atoms with Crippen molar-refractivity contribution in [3.05, 3.63) is 24.0 Å². The number of anilines is 1. The smallest absolute Gasteiger partial charge is 0.0564 e. The Hall–Kier alpha value is -0.740. The molecule has 1 aromatic rings. The van der Waals surface area contributed by atoms with E-state index in [2.05, 4.69) is 46.9 Å². The Labute approximate surface area is 108 Å². The number of rotatable bonds is 4. The first-order valence-corrected chi connectivity index (χ1v) is 7.45. The Morgan fingerprint density at radius 1 is 1.59 bits per heavy atom. The van der Waals surface area contributed by atoms with Crippen molar-refractivity contribution in [3.63, 3.8) is 0 Å². The molecule has 0 aliphatic carbocycles. The van der Waals surface area contributed by atoms with E-state index in [-0.39, 0.29) is 0 Å². The number of hydrogen-bond donors (Lipinski definition) is 1. The van der Waals surface area contributed by atoms with Gasteiger partial charge in [0.1, 0.15) is 0 Å². The summed E-state index contributed by atoms with van der Waals surface area (Å²) in [6.07, 6.45) is 1.90. The molecule has 17 heavy (non-hydrogen) atoms. The standard InChI is InChI=1S/C13H21N3S/c1-3-14-12-4-5-15-13(8-12)9-16-6-7-17-10-11(16)2/h4-5,8,11H,3,6-7,9-10H2,1-2H3,(H,14,15). The monoisotopic (exact) mass is 251 g/mol. The van der Waals surface area contributed by atoms with Crippen LogP contribution in [0.1, 0.15) is 19.5 Å². The van der Waals surface area contributed by atoms with Gasteiger partial charge < -0.3 is 5.32 Å². The fourth-order valence-electron chi connectivity index (χ4n) is 2.08. The van der Waals surface area contributed by atoms with Gasteiger partial charge in [0.2, 0.25) is 0 Å². The number of aromatic nitrogens is 1. The summed E-state index contributed by atoms with van der Waals surface area (Å²) < 4.78 is 0. The third kappa shape index (κ3) is 3.61. The molecule has 1 aromatic heterocycles. The molecular formula is C13H21N3S. The Morgan fingerprint density at radius 2 is 2.47 bits per heavy atom. The highest BCUT2D eigenvalue weighted by atomic mass is 32.2. The average Bonchev–Trinajstić information content (AvgIpc) is 2.33. The Balaban J connectivity index is 1.99. The maximum absolute atomic E-state index is 4.46. The van der Waals surface area contributed by atoms with Crippen LogP contribution in [0.25, 0.3) is 0 Å². The van der Waals surface area contributed by atoms with Crippen molar-refractivity contribution in [2.45, 2.75) is 26.4 Å². The summed E-state index contributed by atoms with van der Waals surface area (Å²) >= 11 is 2.05. The highest BCUT2D eigenvalue weighted by molar-refractivity contribution is 7.99. The molecule has 1 fully saturated rings. The number of nitrogens with zero attached hydrogens (tertiary/aromatic N) is 2. The quantitative estimate of drug-likeness (QED) is 0.890. The molecule has 2 heterocycles. The maximum atomic E-state index is 4.46. The molecule has 4 heteroatoms. The molecule has 0 spiro atoms. The van der Waals surface area contributed by atoms with Crippen LogP contribution in [-0.2, 0) is 6.54 Å². The van der Waals surface area contributed by atoms with Crippen LogP contribution < -0.4 is 5.32 Å². The molecule has 0 aromatic carbocycles. The van der Waals surface area contributed by atoms with Gasteiger partial charge in [-0.1, -0.05) is 0 Å². The van der Waals surface area contributed by atoms with Gasteiger partial charge in [0.25, 0.3) is 0 Å². The number of thioether (sulfide) groups is 1. The third-order valence-electron chi connectivity index (χ3n) is 3.07. The second kappa shape index (κ2) is 6.26. The van der Waals surface area contributed by atoms with Gasteiger partial charge in [0.15, 0.2) is 0 Å². The van der Waals surface area contributed by atoms with Gasteiger partial charge in [0.05, 0.1) is 5.69 Å². The molecule has 2 rings (SSSR count). The summed E-state index contributed by atoms with van der Waals surface area (Å²) in [5.74, 6) is 2.49. The fraction of sp³-hybridized carbons (Fsp3) is 0.615. The highest BCUT2D eigenvalue weighted by Crippen LogP contribution is 2.18. The maximum Gasteiger partial charge on any atom is 0.0564 e. The van der Waals surface area contributed by atoms with E-state index in [1.54, 1.807) is 0 Å². The lowest BCUT2D eigenvalue weighted by molar-refractivity contribution is 0.221. The fourth-order valence-corrected chi connectivity index (χ4v) is 3.17. The summed E-state index contributed by atoms with van der Waals surface area (Å²) in [5, 5.41) is 3.33. The number of nitrogens with one attached hydrogen (secondary N) is 1. The first-order valence-electron chi connectivity index (χ1n) is 6.30. The van der Waals surface area contributed by atoms with Crippen molar-refractivity contribution in [1.82, 2.24) is 9.88 Å². The third-order valence-corrected chi connectivity index (χ3v) is 4.26. The van der Waals surface area contributed by atoms with Gasteiger partial charge in [-0.05, 0) is 26.0 Å². The number of pyridine rings is 1. The summed E-state index contributed by atoms with van der Waals surface area (Å²) in [6, 6.07) is 4.86. The van der Waals surface area contributed by atoms with Gasteiger partial charge in [-0.2, -0.15) is 11.8 Å². The Morgan fingerprint density at radius 3 is 3.24 bits per heavy atom. The van der Waals surface area contributed by atoms with Crippen LogP contribution in [0.2, 0.25) is 0 Å². The molecule has 0 bridgehead atoms. The van der Waals surface area contributed by atoms with Crippen molar-refractivity contribution >= 4 is 17.4 Å². The van der Waals surface area contributed by atoms with E-state index in [1.807, 2.05) is 12.3 Å². The first-order chi connectivity index (χ1) is 8.29. The zero-order valence-electron chi connectivity index (χ0n) is 10.6. The molecule has 0 amide bonds. The topological polar surface area (TPSA) is 28.2 Å². The SMILES string of the molecule is CCNc1ccnc(CN2CCSCC2C)c1. The van der Waals surface area contributed by atoms with Gasteiger partial charge in [0, 0.05) is 49.1 Å². The minimum absolute atomic E-state index is 0.665. The normalized spacial score (nSPS) is 21.4. The molecule has 1 saturated heterocycles. The molecule has 1 N–H and O–H groups in total. The lowest BCUT2D eigenvalue weighted by atomic mass is 10.2. The van der Waals surface area contributed by atoms with Crippen LogP contribution in [-0.4, -0.2) is 40.5 Å². The van der Waals surface area contributed by atoms with Crippen molar-refractivity contribution in [2.75, 3.05) is 29.9 Å². The van der Waals surface area contributed by atoms with E-state index in [0.717, 1.165) is 13.1 Å². The second-order valence-corrected chi connectivity index (χ2v) is 5.61. The zero-order chi connectivity index (χ0) is 12.1. The highest BCUT2D eigenvalue weighted by Gasteiger charge is 2.18. The summed E-state index contributed by atoms with van der Waals surface area (Å²) in [6.45, 7) is 7.53. The van der Waals surface area contributed by atoms with Gasteiger partial charge >= 0.3 is 0 Å². The summed E-state index contributed by atoms with van der Waals surface area (Å²) in [5.41, 5.74) is 2.35. The van der Waals surface area contributed by atoms with Crippen LogP contribution in [0, 0.1) is 0 Å². The van der Waals surface area contributed by atoms with Crippen molar-refractivity contribution < 1.29 is 0 Å². The molecule has 1 aliphatic heterocycles. The summed E-state index contributed by atoms with van der Waals surface area (Å²) in [4.78, 5) is 6.98. The van der Waals surface area contributed by atoms with E-state index < -0.39 is 0 Å². The first kappa shape index (κ1) is 12.7. The van der Waals surface area contributed by atoms with Crippen LogP contribution in [0.3, 0.4) is 0 Å². The Kier molecular flexibility index (Phi) is 4.68. The molecule has 0 radical (unpaired) electrons. The van der Waals surface area contributed by atoms with E-state index in [9.17, 15) is 0 Å². The molecule has 0 saturated carbocycles. The van der Waals surface area contributed by atoms with Crippen LogP contribution in [0.15, 0.2) is 18.3 Å². The van der Waals surface area contributed by atoms with E-state index in [4.69, 9.17) is 0 Å². The van der Waals surface area contributed by atoms with E-state index >= 15 is 0 Å². The molecule has 3 nitrogen and oxygen atoms in total. The van der Waals surface area contributed by atoms with Crippen LogP contribution in [0.5, 0.6) is 0 Å². The molecule has 1 unspecified atom stereocenters. The van der Waals surface area contributed by atoms with Crippen molar-refractivity contribution in [1.29, 1.82) is 0 Å². The Bertz CT molecular complexity index is 356. The largest absolute Gasteiger partial charge is 0.385 e. The zero-order valence-corrected chi connectivity index (χ0v) is 11.5. The second-order valence-electron chi connectivity index (χ2n) is 4.46. The molecule has 94 valence electrons. The van der Waals surface area contributed by atoms with Gasteiger partial charge in [-0.3, -0.25) is 9.88 Å². The minimum atomic E-state index is 0.665. The van der Waals surface area contributed by atoms with Crippen LogP contribution >= 0.6 is 11.8 Å². The predicted octanol–water partition coefficient (Wildman–Crippen LogP) is 2.45. The van der Waals surface area contributed by atoms with E-state index in [0.29, 0.717) is 6.04 Å². The molecular weight excluding hydrogens is 230 g/mol. The number of hydrogen-bond acceptors (Lipinski definition) is 4. The van der Waals surface area contributed by atoms with E-state index in [1.165, 1.54) is 29.4 Å². The summed E-state index contributed by atoms with van der Waals surface area (Å²) in [7, 11) is 0.